The molecule has 162 valence electrons. The third kappa shape index (κ3) is 5.04. The molecular formula is C23H22F2N2O4. The average Bonchev–Trinajstić information content (AvgIpc) is 2.76. The van der Waals surface area contributed by atoms with Crippen LogP contribution in [0.25, 0.3) is 10.9 Å². The number of halogens is 2. The van der Waals surface area contributed by atoms with Crippen molar-refractivity contribution in [1.29, 1.82) is 0 Å². The summed E-state index contributed by atoms with van der Waals surface area (Å²) in [5.41, 5.74) is 1.18. The number of nitrogens with one attached hydrogen (secondary N) is 1. The molecule has 6 nitrogen and oxygen atoms in total. The molecule has 8 heteroatoms. The van der Waals surface area contributed by atoms with E-state index in [0.29, 0.717) is 33.5 Å². The zero-order valence-electron chi connectivity index (χ0n) is 16.8. The molecule has 0 bridgehead atoms. The Labute approximate surface area is 177 Å². The van der Waals surface area contributed by atoms with Gasteiger partial charge in [-0.3, -0.25) is 9.78 Å². The lowest BCUT2D eigenvalue weighted by Gasteiger charge is -2.19. The van der Waals surface area contributed by atoms with Crippen LogP contribution in [0.5, 0.6) is 11.5 Å². The van der Waals surface area contributed by atoms with Crippen LogP contribution in [0.1, 0.15) is 29.7 Å². The molecule has 3 aromatic rings. The normalized spacial score (nSPS) is 12.4. The molecule has 0 aliphatic heterocycles. The number of fused-ring (bicyclic) bond motifs is 1. The predicted octanol–water partition coefficient (Wildman–Crippen LogP) is 3.97. The van der Waals surface area contributed by atoms with Gasteiger partial charge in [-0.05, 0) is 53.6 Å². The van der Waals surface area contributed by atoms with Gasteiger partial charge in [-0.2, -0.15) is 0 Å². The summed E-state index contributed by atoms with van der Waals surface area (Å²) < 4.78 is 32.9. The van der Waals surface area contributed by atoms with Crippen molar-refractivity contribution >= 4 is 16.8 Å². The molecule has 0 saturated carbocycles. The first-order valence-corrected chi connectivity index (χ1v) is 9.50. The minimum absolute atomic E-state index is 0.0411. The number of carbonyl (C=O) groups is 1. The number of pyridine rings is 1. The Kier molecular flexibility index (Phi) is 6.62. The van der Waals surface area contributed by atoms with Gasteiger partial charge in [0, 0.05) is 30.6 Å². The molecule has 1 atom stereocenters. The highest BCUT2D eigenvalue weighted by Crippen LogP contribution is 2.37. The Morgan fingerprint density at radius 3 is 2.65 bits per heavy atom. The van der Waals surface area contributed by atoms with Gasteiger partial charge in [0.05, 0.1) is 6.61 Å². The number of rotatable bonds is 8. The largest absolute Gasteiger partial charge is 0.455 e. The van der Waals surface area contributed by atoms with Gasteiger partial charge in [-0.25, -0.2) is 8.78 Å². The molecule has 1 heterocycles. The maximum absolute atomic E-state index is 13.5. The first-order valence-electron chi connectivity index (χ1n) is 9.50. The second-order valence-electron chi connectivity index (χ2n) is 6.98. The van der Waals surface area contributed by atoms with E-state index in [0.717, 1.165) is 13.0 Å². The minimum Gasteiger partial charge on any atom is -0.455 e. The van der Waals surface area contributed by atoms with Gasteiger partial charge in [0.25, 0.3) is 5.92 Å². The Hall–Kier alpha value is -3.36. The van der Waals surface area contributed by atoms with Crippen LogP contribution in [0, 0.1) is 0 Å². The SMILES string of the molecule is C=CC(=O)NCc1cc(Oc2ccc(C(C)(F)F)cc2)c2ncccc2c1[C@@H](O)CO. The quantitative estimate of drug-likeness (QED) is 0.473. The maximum atomic E-state index is 13.5. The number of carbonyl (C=O) groups excluding carboxylic acids is 1. The standard InChI is InChI=1S/C23H22F2N2O4/c1-3-20(30)27-12-14-11-19(31-16-8-6-15(7-9-16)23(2,24)25)22-17(5-4-10-26-22)21(14)18(29)13-28/h3-11,18,28-29H,1,12-13H2,2H3,(H,27,30)/t18-/m0/s1. The number of amides is 1. The van der Waals surface area contributed by atoms with E-state index < -0.39 is 24.5 Å². The number of aliphatic hydroxyl groups excluding tert-OH is 2. The number of aliphatic hydroxyl groups is 2. The summed E-state index contributed by atoms with van der Waals surface area (Å²) in [7, 11) is 0. The molecule has 3 rings (SSSR count). The van der Waals surface area contributed by atoms with Crippen LogP contribution in [0.3, 0.4) is 0 Å². The van der Waals surface area contributed by atoms with Crippen molar-refractivity contribution in [2.45, 2.75) is 25.5 Å². The summed E-state index contributed by atoms with van der Waals surface area (Å²) in [6.07, 6.45) is 1.46. The maximum Gasteiger partial charge on any atom is 0.270 e. The van der Waals surface area contributed by atoms with Crippen LogP contribution >= 0.6 is 0 Å². The summed E-state index contributed by atoms with van der Waals surface area (Å²) in [6.45, 7) is 3.73. The van der Waals surface area contributed by atoms with E-state index >= 15 is 0 Å². The zero-order valence-corrected chi connectivity index (χ0v) is 16.8. The summed E-state index contributed by atoms with van der Waals surface area (Å²) in [6, 6.07) is 10.4. The van der Waals surface area contributed by atoms with E-state index in [2.05, 4.69) is 16.9 Å². The van der Waals surface area contributed by atoms with Gasteiger partial charge < -0.3 is 20.3 Å². The number of hydrogen-bond acceptors (Lipinski definition) is 5. The molecule has 0 saturated heterocycles. The first kappa shape index (κ1) is 22.3. The van der Waals surface area contributed by atoms with Gasteiger partial charge in [0.1, 0.15) is 17.4 Å². The number of nitrogens with zero attached hydrogens (tertiary/aromatic N) is 1. The summed E-state index contributed by atoms with van der Waals surface area (Å²) >= 11 is 0. The van der Waals surface area contributed by atoms with E-state index in [1.807, 2.05) is 0 Å². The van der Waals surface area contributed by atoms with E-state index in [9.17, 15) is 23.8 Å². The molecule has 0 spiro atoms. The van der Waals surface area contributed by atoms with Crippen LogP contribution < -0.4 is 10.1 Å². The van der Waals surface area contributed by atoms with Crippen LogP contribution in [0.2, 0.25) is 0 Å². The molecule has 0 aliphatic carbocycles. The van der Waals surface area contributed by atoms with Crippen molar-refractivity contribution in [3.63, 3.8) is 0 Å². The van der Waals surface area contributed by atoms with E-state index in [1.165, 1.54) is 24.3 Å². The second kappa shape index (κ2) is 9.20. The molecule has 31 heavy (non-hydrogen) atoms. The van der Waals surface area contributed by atoms with Gasteiger partial charge >= 0.3 is 0 Å². The molecule has 1 amide bonds. The number of hydrogen-bond donors (Lipinski definition) is 3. The Bertz CT molecular complexity index is 1100. The molecule has 0 aliphatic rings. The minimum atomic E-state index is -2.97. The summed E-state index contributed by atoms with van der Waals surface area (Å²) in [5, 5.41) is 23.1. The second-order valence-corrected chi connectivity index (χ2v) is 6.98. The summed E-state index contributed by atoms with van der Waals surface area (Å²) in [5.74, 6) is -2.75. The molecular weight excluding hydrogens is 406 g/mol. The topological polar surface area (TPSA) is 91.7 Å². The fourth-order valence-electron chi connectivity index (χ4n) is 3.20. The lowest BCUT2D eigenvalue weighted by Crippen LogP contribution is -2.22. The fourth-order valence-corrected chi connectivity index (χ4v) is 3.20. The number of alkyl halides is 2. The third-order valence-corrected chi connectivity index (χ3v) is 4.72. The van der Waals surface area contributed by atoms with Crippen molar-refractivity contribution in [1.82, 2.24) is 10.3 Å². The van der Waals surface area contributed by atoms with Crippen LogP contribution in [0.4, 0.5) is 8.78 Å². The van der Waals surface area contributed by atoms with Crippen molar-refractivity contribution in [2.24, 2.45) is 0 Å². The summed E-state index contributed by atoms with van der Waals surface area (Å²) in [4.78, 5) is 16.0. The van der Waals surface area contributed by atoms with Gasteiger partial charge in [-0.15, -0.1) is 0 Å². The molecule has 3 N–H and O–H groups in total. The fraction of sp³-hybridized carbons (Fsp3) is 0.217. The van der Waals surface area contributed by atoms with Gasteiger partial charge in [0.15, 0.2) is 5.75 Å². The molecule has 0 radical (unpaired) electrons. The molecule has 2 aromatic carbocycles. The van der Waals surface area contributed by atoms with Gasteiger partial charge in [0.2, 0.25) is 5.91 Å². The van der Waals surface area contributed by atoms with E-state index in [1.54, 1.807) is 24.4 Å². The van der Waals surface area contributed by atoms with Crippen molar-refractivity contribution in [3.05, 3.63) is 78.0 Å². The zero-order chi connectivity index (χ0) is 22.6. The lowest BCUT2D eigenvalue weighted by molar-refractivity contribution is -0.116. The van der Waals surface area contributed by atoms with E-state index in [4.69, 9.17) is 4.74 Å². The van der Waals surface area contributed by atoms with Crippen molar-refractivity contribution in [2.75, 3.05) is 6.61 Å². The molecule has 0 unspecified atom stereocenters. The van der Waals surface area contributed by atoms with Crippen molar-refractivity contribution < 1.29 is 28.5 Å². The highest BCUT2D eigenvalue weighted by molar-refractivity contribution is 5.90. The number of ether oxygens (including phenoxy) is 1. The van der Waals surface area contributed by atoms with Gasteiger partial charge in [-0.1, -0.05) is 12.6 Å². The number of benzene rings is 2. The van der Waals surface area contributed by atoms with Crippen LogP contribution in [-0.4, -0.2) is 27.7 Å². The Morgan fingerprint density at radius 2 is 2.03 bits per heavy atom. The van der Waals surface area contributed by atoms with Crippen LogP contribution in [-0.2, 0) is 17.3 Å². The highest BCUT2D eigenvalue weighted by Gasteiger charge is 2.24. The highest BCUT2D eigenvalue weighted by atomic mass is 19.3. The Morgan fingerprint density at radius 1 is 1.32 bits per heavy atom. The third-order valence-electron chi connectivity index (χ3n) is 4.72. The molecule has 0 fully saturated rings. The first-order chi connectivity index (χ1) is 14.7. The lowest BCUT2D eigenvalue weighted by atomic mass is 9.96. The predicted molar refractivity (Wildman–Crippen MR) is 112 cm³/mol. The Balaban J connectivity index is 2.08. The smallest absolute Gasteiger partial charge is 0.270 e. The number of aromatic nitrogens is 1. The monoisotopic (exact) mass is 428 g/mol. The molecule has 1 aromatic heterocycles. The average molecular weight is 428 g/mol. The van der Waals surface area contributed by atoms with E-state index in [-0.39, 0.29) is 12.1 Å². The van der Waals surface area contributed by atoms with Crippen molar-refractivity contribution in [3.8, 4) is 11.5 Å². The van der Waals surface area contributed by atoms with Crippen LogP contribution in [0.15, 0.2) is 61.3 Å².